The van der Waals surface area contributed by atoms with Gasteiger partial charge in [0.1, 0.15) is 12.1 Å². The number of carbonyl (C=O) groups excluding carboxylic acids is 1. The van der Waals surface area contributed by atoms with E-state index in [1.807, 2.05) is 0 Å². The Balaban J connectivity index is 1.69. The van der Waals surface area contributed by atoms with Gasteiger partial charge in [-0.3, -0.25) is 14.1 Å². The Bertz CT molecular complexity index is 1510. The van der Waals surface area contributed by atoms with Gasteiger partial charge in [0.25, 0.3) is 0 Å². The lowest BCUT2D eigenvalue weighted by Crippen LogP contribution is -2.18. The maximum Gasteiger partial charge on any atom is 0.235 e. The predicted molar refractivity (Wildman–Crippen MR) is 122 cm³/mol. The first-order valence-electron chi connectivity index (χ1n) is 10.3. The monoisotopic (exact) mass is 467 g/mol. The average Bonchev–Trinajstić information content (AvgIpc) is 3.56. The lowest BCUT2D eigenvalue weighted by atomic mass is 10.0. The minimum Gasteiger partial charge on any atom is -0.299 e. The molecule has 0 atom stereocenters. The van der Waals surface area contributed by atoms with Crippen LogP contribution in [0.3, 0.4) is 0 Å². The number of Topliss-reactive ketones (excluding diaryl/α,β-unsaturated/α-hetero) is 1. The fourth-order valence-electron chi connectivity index (χ4n) is 3.71. The number of ketones is 1. The second-order valence-corrected chi connectivity index (χ2v) is 10.0. The number of aromatic nitrogens is 2. The van der Waals surface area contributed by atoms with Crippen LogP contribution in [-0.2, 0) is 10.0 Å². The fraction of sp³-hybridized carbons (Fsp3) is 0.167. The molecule has 0 radical (unpaired) electrons. The topological polar surface area (TPSA) is 81.1 Å². The minimum atomic E-state index is -3.72. The van der Waals surface area contributed by atoms with Crippen molar-refractivity contribution in [3.8, 4) is 16.8 Å². The first kappa shape index (κ1) is 21.3. The summed E-state index contributed by atoms with van der Waals surface area (Å²) in [5, 5.41) is -0.533. The average molecular weight is 467 g/mol. The molecular weight excluding hydrogens is 448 g/mol. The molecule has 1 saturated carbocycles. The molecule has 0 bridgehead atoms. The van der Waals surface area contributed by atoms with Crippen molar-refractivity contribution >= 4 is 32.5 Å². The van der Waals surface area contributed by atoms with Gasteiger partial charge in [-0.25, -0.2) is 22.2 Å². The molecule has 1 N–H and O–H groups in total. The molecule has 6 nitrogen and oxygen atoms in total. The van der Waals surface area contributed by atoms with E-state index in [4.69, 9.17) is 0 Å². The lowest BCUT2D eigenvalue weighted by Gasteiger charge is -2.15. The molecule has 9 heteroatoms. The van der Waals surface area contributed by atoms with Crippen LogP contribution in [0, 0.1) is 11.6 Å². The van der Waals surface area contributed by atoms with Crippen molar-refractivity contribution in [2.75, 3.05) is 4.72 Å². The van der Waals surface area contributed by atoms with Crippen molar-refractivity contribution < 1.29 is 22.0 Å². The first-order chi connectivity index (χ1) is 15.7. The summed E-state index contributed by atoms with van der Waals surface area (Å²) >= 11 is 0. The van der Waals surface area contributed by atoms with Gasteiger partial charge < -0.3 is 0 Å². The van der Waals surface area contributed by atoms with Gasteiger partial charge in [0.15, 0.2) is 11.6 Å². The van der Waals surface area contributed by atoms with Crippen LogP contribution < -0.4 is 4.72 Å². The van der Waals surface area contributed by atoms with Crippen molar-refractivity contribution in [2.45, 2.75) is 25.0 Å². The third-order valence-corrected chi connectivity index (χ3v) is 7.51. The normalized spacial score (nSPS) is 13.9. The molecule has 3 aromatic carbocycles. The summed E-state index contributed by atoms with van der Waals surface area (Å²) in [5.74, 6) is -1.31. The van der Waals surface area contributed by atoms with Crippen LogP contribution in [0.15, 0.2) is 60.9 Å². The van der Waals surface area contributed by atoms with Gasteiger partial charge in [-0.05, 0) is 67.8 Å². The van der Waals surface area contributed by atoms with Crippen molar-refractivity contribution in [1.29, 1.82) is 0 Å². The molecule has 0 saturated heterocycles. The summed E-state index contributed by atoms with van der Waals surface area (Å²) in [6, 6.07) is 13.3. The van der Waals surface area contributed by atoms with Crippen LogP contribution in [0.4, 0.5) is 14.5 Å². The molecule has 1 fully saturated rings. The maximum atomic E-state index is 15.5. The smallest absolute Gasteiger partial charge is 0.235 e. The van der Waals surface area contributed by atoms with Gasteiger partial charge in [-0.2, -0.15) is 0 Å². The summed E-state index contributed by atoms with van der Waals surface area (Å²) in [5.41, 5.74) is 2.51. The third-order valence-electron chi connectivity index (χ3n) is 5.66. The van der Waals surface area contributed by atoms with Crippen molar-refractivity contribution in [3.05, 3.63) is 78.1 Å². The van der Waals surface area contributed by atoms with Crippen LogP contribution in [0.5, 0.6) is 0 Å². The van der Waals surface area contributed by atoms with Crippen LogP contribution >= 0.6 is 0 Å². The van der Waals surface area contributed by atoms with Gasteiger partial charge in [0, 0.05) is 11.1 Å². The molecule has 0 unspecified atom stereocenters. The number of imidazole rings is 1. The molecule has 4 aromatic rings. The van der Waals surface area contributed by atoms with Crippen LogP contribution in [0.1, 0.15) is 30.1 Å². The standard InChI is InChI=1S/C24H19F2N3O3S/c1-14(30)16-4-9-23-21(10-16)27-13-29(23)18-11-20(15-2-5-17(25)6-3-15)24(26)22(12-18)28-33(31,32)19-7-8-19/h2-6,9-13,19,28H,7-8H2,1H3. The number of carbonyl (C=O) groups is 1. The minimum absolute atomic E-state index is 0.0939. The number of halogens is 2. The Morgan fingerprint density at radius 3 is 2.45 bits per heavy atom. The van der Waals surface area contributed by atoms with E-state index in [0.717, 1.165) is 0 Å². The molecule has 0 spiro atoms. The van der Waals surface area contributed by atoms with Crippen LogP contribution in [0.25, 0.3) is 27.8 Å². The van der Waals surface area contributed by atoms with Crippen molar-refractivity contribution in [1.82, 2.24) is 9.55 Å². The van der Waals surface area contributed by atoms with Crippen LogP contribution in [0.2, 0.25) is 0 Å². The molecular formula is C24H19F2N3O3S. The Hall–Kier alpha value is -3.59. The van der Waals surface area contributed by atoms with Crippen molar-refractivity contribution in [3.63, 3.8) is 0 Å². The summed E-state index contributed by atoms with van der Waals surface area (Å²) in [4.78, 5) is 16.0. The Kier molecular flexibility index (Phi) is 5.01. The summed E-state index contributed by atoms with van der Waals surface area (Å²) in [7, 11) is -3.72. The second kappa shape index (κ2) is 7.77. The molecule has 1 aromatic heterocycles. The molecule has 1 aliphatic rings. The van der Waals surface area contributed by atoms with E-state index in [-0.39, 0.29) is 17.0 Å². The Labute approximate surface area is 188 Å². The molecule has 33 heavy (non-hydrogen) atoms. The number of fused-ring (bicyclic) bond motifs is 1. The van der Waals surface area contributed by atoms with Crippen LogP contribution in [-0.4, -0.2) is 29.0 Å². The van der Waals surface area contributed by atoms with Crippen molar-refractivity contribution in [2.24, 2.45) is 0 Å². The number of hydrogen-bond acceptors (Lipinski definition) is 4. The first-order valence-corrected chi connectivity index (χ1v) is 11.9. The van der Waals surface area contributed by atoms with Gasteiger partial charge in [-0.1, -0.05) is 12.1 Å². The number of rotatable bonds is 6. The third kappa shape index (κ3) is 4.00. The largest absolute Gasteiger partial charge is 0.299 e. The van der Waals surface area contributed by atoms with E-state index in [2.05, 4.69) is 9.71 Å². The predicted octanol–water partition coefficient (Wildman–Crippen LogP) is 5.08. The Morgan fingerprint density at radius 2 is 1.79 bits per heavy atom. The number of anilines is 1. The number of benzene rings is 3. The van der Waals surface area contributed by atoms with E-state index < -0.39 is 26.9 Å². The van der Waals surface area contributed by atoms with Gasteiger partial charge in [0.05, 0.1) is 27.7 Å². The highest BCUT2D eigenvalue weighted by atomic mass is 32.2. The summed E-state index contributed by atoms with van der Waals surface area (Å²) in [6.45, 7) is 1.46. The van der Waals surface area contributed by atoms with E-state index in [0.29, 0.717) is 40.7 Å². The second-order valence-electron chi connectivity index (χ2n) is 8.08. The van der Waals surface area contributed by atoms with Gasteiger partial charge in [-0.15, -0.1) is 0 Å². The number of nitrogens with zero attached hydrogens (tertiary/aromatic N) is 2. The highest BCUT2D eigenvalue weighted by molar-refractivity contribution is 7.93. The highest BCUT2D eigenvalue weighted by Gasteiger charge is 2.36. The molecule has 168 valence electrons. The zero-order chi connectivity index (χ0) is 23.3. The number of hydrogen-bond donors (Lipinski definition) is 1. The zero-order valence-corrected chi connectivity index (χ0v) is 18.4. The molecule has 0 aliphatic heterocycles. The highest BCUT2D eigenvalue weighted by Crippen LogP contribution is 2.35. The maximum absolute atomic E-state index is 15.5. The van der Waals surface area contributed by atoms with E-state index >= 15 is 4.39 Å². The number of nitrogens with one attached hydrogen (secondary N) is 1. The zero-order valence-electron chi connectivity index (χ0n) is 17.5. The molecule has 1 aliphatic carbocycles. The van der Waals surface area contributed by atoms with Gasteiger partial charge >= 0.3 is 0 Å². The molecule has 0 amide bonds. The quantitative estimate of drug-likeness (QED) is 0.401. The SMILES string of the molecule is CC(=O)c1ccc2c(c1)ncn2-c1cc(NS(=O)(=O)C2CC2)c(F)c(-c2ccc(F)cc2)c1. The fourth-order valence-corrected chi connectivity index (χ4v) is 5.09. The lowest BCUT2D eigenvalue weighted by molar-refractivity contribution is 0.101. The van der Waals surface area contributed by atoms with E-state index in [9.17, 15) is 17.6 Å². The number of sulfonamides is 1. The molecule has 5 rings (SSSR count). The molecule has 1 heterocycles. The van der Waals surface area contributed by atoms with Gasteiger partial charge in [0.2, 0.25) is 10.0 Å². The van der Waals surface area contributed by atoms with E-state index in [1.54, 1.807) is 28.8 Å². The Morgan fingerprint density at radius 1 is 1.06 bits per heavy atom. The van der Waals surface area contributed by atoms with E-state index in [1.165, 1.54) is 43.6 Å². The summed E-state index contributed by atoms with van der Waals surface area (Å²) in [6.07, 6.45) is 2.59. The summed E-state index contributed by atoms with van der Waals surface area (Å²) < 4.78 is 58.1.